The average Bonchev–Trinajstić information content (AvgIpc) is 1.88. The predicted octanol–water partition coefficient (Wildman–Crippen LogP) is 1.49. The standard InChI is InChI=1S/C7H12O2/c1-2-6-4-3-5-7(8)9-6/h6H,2-5H2,1H3. The molecule has 0 N–H and O–H groups in total. The maximum Gasteiger partial charge on any atom is 0.306 e. The molecule has 0 saturated carbocycles. The molecular formula is C7H12O2. The quantitative estimate of drug-likeness (QED) is 0.500. The van der Waals surface area contributed by atoms with Crippen LogP contribution in [0.4, 0.5) is 0 Å². The van der Waals surface area contributed by atoms with E-state index < -0.39 is 0 Å². The average molecular weight is 128 g/mol. The van der Waals surface area contributed by atoms with E-state index in [1.807, 2.05) is 6.92 Å². The molecule has 2 heteroatoms. The first-order valence-electron chi connectivity index (χ1n) is 3.52. The lowest BCUT2D eigenvalue weighted by molar-refractivity contribution is -0.153. The number of cyclic esters (lactones) is 1. The van der Waals surface area contributed by atoms with Crippen molar-refractivity contribution in [2.75, 3.05) is 0 Å². The third-order valence-electron chi connectivity index (χ3n) is 1.66. The van der Waals surface area contributed by atoms with E-state index in [-0.39, 0.29) is 12.1 Å². The largest absolute Gasteiger partial charge is 0.462 e. The molecule has 0 amide bonds. The highest BCUT2D eigenvalue weighted by Gasteiger charge is 2.17. The Hall–Kier alpha value is -0.530. The highest BCUT2D eigenvalue weighted by Crippen LogP contribution is 2.15. The van der Waals surface area contributed by atoms with E-state index in [2.05, 4.69) is 0 Å². The van der Waals surface area contributed by atoms with Gasteiger partial charge in [-0.05, 0) is 19.3 Å². The van der Waals surface area contributed by atoms with E-state index in [0.717, 1.165) is 19.3 Å². The van der Waals surface area contributed by atoms with E-state index in [4.69, 9.17) is 4.74 Å². The van der Waals surface area contributed by atoms with Crippen molar-refractivity contribution in [3.05, 3.63) is 0 Å². The van der Waals surface area contributed by atoms with Crippen LogP contribution >= 0.6 is 0 Å². The van der Waals surface area contributed by atoms with Crippen molar-refractivity contribution in [3.8, 4) is 0 Å². The van der Waals surface area contributed by atoms with Crippen molar-refractivity contribution >= 4 is 5.97 Å². The van der Waals surface area contributed by atoms with Gasteiger partial charge < -0.3 is 4.74 Å². The Balaban J connectivity index is 2.32. The number of hydrogen-bond acceptors (Lipinski definition) is 2. The monoisotopic (exact) mass is 128 g/mol. The minimum atomic E-state index is -0.0203. The van der Waals surface area contributed by atoms with Gasteiger partial charge in [0.1, 0.15) is 6.10 Å². The van der Waals surface area contributed by atoms with Crippen molar-refractivity contribution in [1.29, 1.82) is 0 Å². The number of ether oxygens (including phenoxy) is 1. The Morgan fingerprint density at radius 3 is 3.00 bits per heavy atom. The van der Waals surface area contributed by atoms with Crippen LogP contribution in [-0.2, 0) is 9.53 Å². The minimum absolute atomic E-state index is 0.0203. The molecule has 0 aromatic carbocycles. The van der Waals surface area contributed by atoms with E-state index in [1.54, 1.807) is 0 Å². The van der Waals surface area contributed by atoms with Crippen LogP contribution in [0.2, 0.25) is 0 Å². The molecule has 1 aliphatic heterocycles. The fraction of sp³-hybridized carbons (Fsp3) is 0.857. The summed E-state index contributed by atoms with van der Waals surface area (Å²) in [4.78, 5) is 10.6. The lowest BCUT2D eigenvalue weighted by atomic mass is 10.1. The zero-order chi connectivity index (χ0) is 6.69. The van der Waals surface area contributed by atoms with Gasteiger partial charge in [-0.15, -0.1) is 0 Å². The van der Waals surface area contributed by atoms with Gasteiger partial charge in [-0.3, -0.25) is 4.79 Å². The third kappa shape index (κ3) is 1.70. The molecule has 1 heterocycles. The van der Waals surface area contributed by atoms with Gasteiger partial charge in [0.05, 0.1) is 0 Å². The van der Waals surface area contributed by atoms with Crippen LogP contribution in [0.25, 0.3) is 0 Å². The smallest absolute Gasteiger partial charge is 0.306 e. The first-order valence-corrected chi connectivity index (χ1v) is 3.52. The number of hydrogen-bond donors (Lipinski definition) is 0. The van der Waals surface area contributed by atoms with E-state index in [1.165, 1.54) is 0 Å². The number of carbonyl (C=O) groups excluding carboxylic acids is 1. The maximum atomic E-state index is 10.6. The second kappa shape index (κ2) is 2.85. The molecule has 1 aliphatic rings. The van der Waals surface area contributed by atoms with Crippen molar-refractivity contribution in [1.82, 2.24) is 0 Å². The van der Waals surface area contributed by atoms with Gasteiger partial charge in [-0.25, -0.2) is 0 Å². The summed E-state index contributed by atoms with van der Waals surface area (Å²) >= 11 is 0. The van der Waals surface area contributed by atoms with Crippen molar-refractivity contribution in [2.45, 2.75) is 38.7 Å². The van der Waals surface area contributed by atoms with Crippen LogP contribution in [-0.4, -0.2) is 12.1 Å². The predicted molar refractivity (Wildman–Crippen MR) is 34.0 cm³/mol. The van der Waals surface area contributed by atoms with Crippen molar-refractivity contribution in [2.24, 2.45) is 0 Å². The van der Waals surface area contributed by atoms with Gasteiger partial charge >= 0.3 is 5.97 Å². The SMILES string of the molecule is CCC1CCCC(=O)O1. The van der Waals surface area contributed by atoms with E-state index in [0.29, 0.717) is 6.42 Å². The summed E-state index contributed by atoms with van der Waals surface area (Å²) in [7, 11) is 0. The number of esters is 1. The van der Waals surface area contributed by atoms with Gasteiger partial charge in [0, 0.05) is 6.42 Å². The molecule has 1 saturated heterocycles. The number of carbonyl (C=O) groups is 1. The first kappa shape index (κ1) is 6.59. The van der Waals surface area contributed by atoms with Crippen LogP contribution in [0.1, 0.15) is 32.6 Å². The highest BCUT2D eigenvalue weighted by molar-refractivity contribution is 5.70. The summed E-state index contributed by atoms with van der Waals surface area (Å²) in [5.41, 5.74) is 0. The minimum Gasteiger partial charge on any atom is -0.462 e. The molecule has 2 nitrogen and oxygen atoms in total. The zero-order valence-corrected chi connectivity index (χ0v) is 5.72. The Bertz CT molecular complexity index is 109. The molecule has 0 aliphatic carbocycles. The zero-order valence-electron chi connectivity index (χ0n) is 5.72. The Morgan fingerprint density at radius 2 is 2.56 bits per heavy atom. The van der Waals surface area contributed by atoms with Gasteiger partial charge in [0.25, 0.3) is 0 Å². The topological polar surface area (TPSA) is 26.3 Å². The van der Waals surface area contributed by atoms with Crippen LogP contribution in [0, 0.1) is 0 Å². The Morgan fingerprint density at radius 1 is 1.78 bits per heavy atom. The molecule has 1 rings (SSSR count). The highest BCUT2D eigenvalue weighted by atomic mass is 16.5. The second-order valence-corrected chi connectivity index (χ2v) is 2.41. The molecule has 0 aromatic heterocycles. The lowest BCUT2D eigenvalue weighted by Gasteiger charge is -2.20. The summed E-state index contributed by atoms with van der Waals surface area (Å²) in [6.07, 6.45) is 3.87. The van der Waals surface area contributed by atoms with Gasteiger partial charge in [0.2, 0.25) is 0 Å². The lowest BCUT2D eigenvalue weighted by Crippen LogP contribution is -2.22. The number of rotatable bonds is 1. The van der Waals surface area contributed by atoms with E-state index in [9.17, 15) is 4.79 Å². The van der Waals surface area contributed by atoms with Crippen molar-refractivity contribution < 1.29 is 9.53 Å². The van der Waals surface area contributed by atoms with Crippen molar-refractivity contribution in [3.63, 3.8) is 0 Å². The molecule has 1 atom stereocenters. The summed E-state index contributed by atoms with van der Waals surface area (Å²) in [6.45, 7) is 2.04. The fourth-order valence-corrected chi connectivity index (χ4v) is 1.07. The maximum absolute atomic E-state index is 10.6. The molecule has 1 unspecified atom stereocenters. The van der Waals surface area contributed by atoms with Crippen LogP contribution in [0.5, 0.6) is 0 Å². The first-order chi connectivity index (χ1) is 4.33. The van der Waals surface area contributed by atoms with E-state index >= 15 is 0 Å². The molecule has 0 radical (unpaired) electrons. The molecule has 0 bridgehead atoms. The normalized spacial score (nSPS) is 27.7. The Labute approximate surface area is 55.2 Å². The van der Waals surface area contributed by atoms with Gasteiger partial charge in [-0.2, -0.15) is 0 Å². The summed E-state index contributed by atoms with van der Waals surface area (Å²) < 4.78 is 5.00. The molecule has 1 fully saturated rings. The third-order valence-corrected chi connectivity index (χ3v) is 1.66. The van der Waals surface area contributed by atoms with Gasteiger partial charge in [0.15, 0.2) is 0 Å². The molecule has 52 valence electrons. The van der Waals surface area contributed by atoms with Crippen LogP contribution < -0.4 is 0 Å². The second-order valence-electron chi connectivity index (χ2n) is 2.41. The Kier molecular flexibility index (Phi) is 2.09. The molecule has 0 aromatic rings. The van der Waals surface area contributed by atoms with Crippen LogP contribution in [0.3, 0.4) is 0 Å². The molecular weight excluding hydrogens is 116 g/mol. The molecule has 0 spiro atoms. The summed E-state index contributed by atoms with van der Waals surface area (Å²) in [5, 5.41) is 0. The fourth-order valence-electron chi connectivity index (χ4n) is 1.07. The summed E-state index contributed by atoms with van der Waals surface area (Å²) in [5.74, 6) is -0.0203. The molecule has 9 heavy (non-hydrogen) atoms. The van der Waals surface area contributed by atoms with Crippen LogP contribution in [0.15, 0.2) is 0 Å². The summed E-state index contributed by atoms with van der Waals surface area (Å²) in [6, 6.07) is 0. The van der Waals surface area contributed by atoms with Gasteiger partial charge in [-0.1, -0.05) is 6.92 Å².